The molecule has 0 aromatic heterocycles. The second kappa shape index (κ2) is 7.02. The number of aryl methyl sites for hydroxylation is 1. The van der Waals surface area contributed by atoms with Gasteiger partial charge in [0, 0.05) is 32.6 Å². The Bertz CT molecular complexity index is 587. The van der Waals surface area contributed by atoms with E-state index in [9.17, 15) is 9.59 Å². The Hall–Kier alpha value is -2.04. The van der Waals surface area contributed by atoms with Crippen LogP contribution in [0.5, 0.6) is 0 Å². The van der Waals surface area contributed by atoms with Crippen molar-refractivity contribution in [3.8, 4) is 0 Å². The van der Waals surface area contributed by atoms with Crippen molar-refractivity contribution in [1.82, 2.24) is 15.1 Å². The first-order valence-electron chi connectivity index (χ1n) is 8.57. The van der Waals surface area contributed by atoms with Gasteiger partial charge in [-0.25, -0.2) is 4.79 Å². The lowest BCUT2D eigenvalue weighted by atomic mass is 9.98. The topological polar surface area (TPSA) is 52.7 Å². The quantitative estimate of drug-likeness (QED) is 0.905. The van der Waals surface area contributed by atoms with Crippen molar-refractivity contribution in [3.05, 3.63) is 35.4 Å². The van der Waals surface area contributed by atoms with Gasteiger partial charge in [0.1, 0.15) is 0 Å². The number of nitrogens with one attached hydrogen (secondary N) is 1. The Morgan fingerprint density at radius 3 is 2.65 bits per heavy atom. The molecule has 1 atom stereocenters. The van der Waals surface area contributed by atoms with Crippen molar-refractivity contribution >= 4 is 11.9 Å². The largest absolute Gasteiger partial charge is 0.341 e. The number of carbonyl (C=O) groups is 2. The number of urea groups is 1. The standard InChI is InChI=1S/C18H25N3O2/c1-2-20-13-16(12-17(20)22)19-18(23)21-10-5-8-14-6-3-4-7-15(14)9-11-21/h3-4,6-7,16H,2,5,8-13H2,1H3,(H,19,23). The molecule has 2 aliphatic heterocycles. The van der Waals surface area contributed by atoms with Gasteiger partial charge in [0.2, 0.25) is 5.91 Å². The Morgan fingerprint density at radius 1 is 1.22 bits per heavy atom. The van der Waals surface area contributed by atoms with Crippen molar-refractivity contribution in [2.45, 2.75) is 38.6 Å². The summed E-state index contributed by atoms with van der Waals surface area (Å²) in [6.45, 7) is 4.83. The molecule has 1 aromatic rings. The molecule has 1 saturated heterocycles. The van der Waals surface area contributed by atoms with Crippen LogP contribution in [0.4, 0.5) is 4.79 Å². The first-order chi connectivity index (χ1) is 11.2. The summed E-state index contributed by atoms with van der Waals surface area (Å²) in [7, 11) is 0. The second-order valence-corrected chi connectivity index (χ2v) is 6.39. The van der Waals surface area contributed by atoms with E-state index in [1.807, 2.05) is 11.8 Å². The zero-order chi connectivity index (χ0) is 16.2. The van der Waals surface area contributed by atoms with Crippen LogP contribution in [0.25, 0.3) is 0 Å². The molecule has 0 radical (unpaired) electrons. The summed E-state index contributed by atoms with van der Waals surface area (Å²) in [6, 6.07) is 8.42. The Labute approximate surface area is 137 Å². The molecule has 124 valence electrons. The van der Waals surface area contributed by atoms with Crippen LogP contribution in [-0.2, 0) is 17.6 Å². The van der Waals surface area contributed by atoms with Crippen molar-refractivity contribution in [2.75, 3.05) is 26.2 Å². The maximum absolute atomic E-state index is 12.5. The van der Waals surface area contributed by atoms with Crippen LogP contribution in [-0.4, -0.2) is 54.0 Å². The molecule has 1 N–H and O–H groups in total. The summed E-state index contributed by atoms with van der Waals surface area (Å²) in [4.78, 5) is 28.0. The van der Waals surface area contributed by atoms with E-state index >= 15 is 0 Å². The van der Waals surface area contributed by atoms with Gasteiger partial charge in [0.25, 0.3) is 0 Å². The van der Waals surface area contributed by atoms with E-state index in [4.69, 9.17) is 0 Å². The van der Waals surface area contributed by atoms with Crippen LogP contribution in [0.1, 0.15) is 30.9 Å². The van der Waals surface area contributed by atoms with E-state index in [0.29, 0.717) is 19.5 Å². The summed E-state index contributed by atoms with van der Waals surface area (Å²) >= 11 is 0. The summed E-state index contributed by atoms with van der Waals surface area (Å²) < 4.78 is 0. The molecule has 3 rings (SSSR count). The lowest BCUT2D eigenvalue weighted by molar-refractivity contribution is -0.127. The third-order valence-electron chi connectivity index (χ3n) is 4.85. The molecule has 0 spiro atoms. The van der Waals surface area contributed by atoms with Crippen molar-refractivity contribution < 1.29 is 9.59 Å². The summed E-state index contributed by atoms with van der Waals surface area (Å²) in [6.07, 6.45) is 3.32. The molecule has 1 fully saturated rings. The zero-order valence-corrected chi connectivity index (χ0v) is 13.8. The third-order valence-corrected chi connectivity index (χ3v) is 4.85. The number of likely N-dealkylation sites (N-methyl/N-ethyl adjacent to an activating group) is 1. The molecule has 5 nitrogen and oxygen atoms in total. The third kappa shape index (κ3) is 3.66. The molecule has 0 saturated carbocycles. The average molecular weight is 315 g/mol. The first kappa shape index (κ1) is 15.8. The van der Waals surface area contributed by atoms with Gasteiger partial charge in [0.15, 0.2) is 0 Å². The van der Waals surface area contributed by atoms with Gasteiger partial charge >= 0.3 is 6.03 Å². The highest BCUT2D eigenvalue weighted by Crippen LogP contribution is 2.16. The van der Waals surface area contributed by atoms with Crippen molar-refractivity contribution in [1.29, 1.82) is 0 Å². The lowest BCUT2D eigenvalue weighted by Crippen LogP contribution is -2.47. The number of nitrogens with zero attached hydrogens (tertiary/aromatic N) is 2. The van der Waals surface area contributed by atoms with Crippen LogP contribution < -0.4 is 5.32 Å². The molecule has 2 heterocycles. The fourth-order valence-corrected chi connectivity index (χ4v) is 3.52. The van der Waals surface area contributed by atoms with E-state index in [1.54, 1.807) is 4.90 Å². The minimum Gasteiger partial charge on any atom is -0.341 e. The highest BCUT2D eigenvalue weighted by Gasteiger charge is 2.30. The summed E-state index contributed by atoms with van der Waals surface area (Å²) in [5.74, 6) is 0.138. The van der Waals surface area contributed by atoms with Crippen LogP contribution in [0.3, 0.4) is 0 Å². The number of carbonyl (C=O) groups excluding carboxylic acids is 2. The SMILES string of the molecule is CCN1CC(NC(=O)N2CCCc3ccccc3CC2)CC1=O. The predicted molar refractivity (Wildman–Crippen MR) is 89.2 cm³/mol. The Balaban J connectivity index is 1.57. The maximum atomic E-state index is 12.5. The smallest absolute Gasteiger partial charge is 0.317 e. The molecule has 2 aliphatic rings. The van der Waals surface area contributed by atoms with E-state index in [-0.39, 0.29) is 18.0 Å². The van der Waals surface area contributed by atoms with Gasteiger partial charge in [-0.2, -0.15) is 0 Å². The molecule has 3 amide bonds. The molecular weight excluding hydrogens is 290 g/mol. The fraction of sp³-hybridized carbons (Fsp3) is 0.556. The zero-order valence-electron chi connectivity index (χ0n) is 13.8. The van der Waals surface area contributed by atoms with Gasteiger partial charge in [0.05, 0.1) is 6.04 Å². The predicted octanol–water partition coefficient (Wildman–Crippen LogP) is 1.81. The molecule has 1 unspecified atom stereocenters. The lowest BCUT2D eigenvalue weighted by Gasteiger charge is -2.27. The Morgan fingerprint density at radius 2 is 1.96 bits per heavy atom. The summed E-state index contributed by atoms with van der Waals surface area (Å²) in [5, 5.41) is 3.04. The number of likely N-dealkylation sites (tertiary alicyclic amines) is 1. The van der Waals surface area contributed by atoms with Gasteiger partial charge < -0.3 is 15.1 Å². The first-order valence-corrected chi connectivity index (χ1v) is 8.57. The monoisotopic (exact) mass is 315 g/mol. The normalized spacial score (nSPS) is 21.6. The minimum absolute atomic E-state index is 0.0277. The van der Waals surface area contributed by atoms with Gasteiger partial charge in [-0.3, -0.25) is 4.79 Å². The molecule has 0 bridgehead atoms. The van der Waals surface area contributed by atoms with Gasteiger partial charge in [-0.05, 0) is 37.3 Å². The fourth-order valence-electron chi connectivity index (χ4n) is 3.52. The average Bonchev–Trinajstić information content (AvgIpc) is 2.87. The molecule has 1 aromatic carbocycles. The maximum Gasteiger partial charge on any atom is 0.317 e. The molecule has 5 heteroatoms. The number of amides is 3. The number of benzene rings is 1. The van der Waals surface area contributed by atoms with Gasteiger partial charge in [-0.15, -0.1) is 0 Å². The molecule has 0 aliphatic carbocycles. The number of hydrogen-bond donors (Lipinski definition) is 1. The van der Waals surface area contributed by atoms with E-state index in [0.717, 1.165) is 32.4 Å². The number of fused-ring (bicyclic) bond motifs is 1. The highest BCUT2D eigenvalue weighted by atomic mass is 16.2. The summed E-state index contributed by atoms with van der Waals surface area (Å²) in [5.41, 5.74) is 2.76. The number of rotatable bonds is 2. The molecular formula is C18H25N3O2. The van der Waals surface area contributed by atoms with Crippen LogP contribution >= 0.6 is 0 Å². The minimum atomic E-state index is -0.0484. The van der Waals surface area contributed by atoms with Crippen LogP contribution in [0, 0.1) is 0 Å². The van der Waals surface area contributed by atoms with Crippen molar-refractivity contribution in [3.63, 3.8) is 0 Å². The Kier molecular flexibility index (Phi) is 4.84. The number of hydrogen-bond acceptors (Lipinski definition) is 2. The van der Waals surface area contributed by atoms with Crippen LogP contribution in [0.2, 0.25) is 0 Å². The van der Waals surface area contributed by atoms with E-state index < -0.39 is 0 Å². The van der Waals surface area contributed by atoms with E-state index in [2.05, 4.69) is 29.6 Å². The molecule has 23 heavy (non-hydrogen) atoms. The second-order valence-electron chi connectivity index (χ2n) is 6.39. The van der Waals surface area contributed by atoms with Crippen LogP contribution in [0.15, 0.2) is 24.3 Å². The van der Waals surface area contributed by atoms with E-state index in [1.165, 1.54) is 11.1 Å². The highest BCUT2D eigenvalue weighted by molar-refractivity contribution is 5.81. The van der Waals surface area contributed by atoms with Gasteiger partial charge in [-0.1, -0.05) is 24.3 Å². The van der Waals surface area contributed by atoms with Crippen molar-refractivity contribution in [2.24, 2.45) is 0 Å².